The van der Waals surface area contributed by atoms with E-state index in [-0.39, 0.29) is 5.91 Å². The Morgan fingerprint density at radius 2 is 1.41 bits per heavy atom. The Balaban J connectivity index is 0.000000300. The minimum atomic E-state index is -0.560. The highest BCUT2D eigenvalue weighted by atomic mass is 16.5. The number of ether oxygens (including phenoxy) is 2. The van der Waals surface area contributed by atoms with Gasteiger partial charge in [0.15, 0.2) is 12.1 Å². The molecule has 2 aliphatic heterocycles. The number of amides is 1. The number of morpholine rings is 1. The first-order valence-corrected chi connectivity index (χ1v) is 11.0. The Kier molecular flexibility index (Phi) is 7.31. The zero-order valence-electron chi connectivity index (χ0n) is 18.3. The van der Waals surface area contributed by atoms with Gasteiger partial charge in [-0.15, -0.1) is 0 Å². The molecule has 3 aromatic rings. The van der Waals surface area contributed by atoms with Crippen LogP contribution in [0.3, 0.4) is 0 Å². The third-order valence-electron chi connectivity index (χ3n) is 5.45. The van der Waals surface area contributed by atoms with Crippen molar-refractivity contribution in [1.29, 1.82) is 0 Å². The predicted molar refractivity (Wildman–Crippen MR) is 126 cm³/mol. The second-order valence-corrected chi connectivity index (χ2v) is 7.79. The van der Waals surface area contributed by atoms with Gasteiger partial charge in [0.05, 0.1) is 13.2 Å². The van der Waals surface area contributed by atoms with Gasteiger partial charge in [-0.3, -0.25) is 4.79 Å². The summed E-state index contributed by atoms with van der Waals surface area (Å²) in [6.45, 7) is 4.44. The molecule has 0 saturated carbocycles. The summed E-state index contributed by atoms with van der Waals surface area (Å²) in [5, 5.41) is 0. The lowest BCUT2D eigenvalue weighted by molar-refractivity contribution is -0.138. The first-order valence-electron chi connectivity index (χ1n) is 11.0. The fourth-order valence-electron chi connectivity index (χ4n) is 3.72. The molecule has 2 aliphatic rings. The normalized spacial score (nSPS) is 19.9. The summed E-state index contributed by atoms with van der Waals surface area (Å²) in [5.74, 6) is 0.532. The molecule has 164 valence electrons. The minimum absolute atomic E-state index is 0.00286. The highest BCUT2D eigenvalue weighted by Crippen LogP contribution is 2.32. The second kappa shape index (κ2) is 10.7. The van der Waals surface area contributed by atoms with Crippen LogP contribution in [0.5, 0.6) is 0 Å². The lowest BCUT2D eigenvalue weighted by atomic mass is 10.0. The van der Waals surface area contributed by atoms with E-state index in [1.54, 1.807) is 0 Å². The minimum Gasteiger partial charge on any atom is -0.466 e. The van der Waals surface area contributed by atoms with E-state index < -0.39 is 12.1 Å². The Labute approximate surface area is 189 Å². The van der Waals surface area contributed by atoms with Crippen LogP contribution in [0.4, 0.5) is 0 Å². The van der Waals surface area contributed by atoms with Crippen LogP contribution in [0.15, 0.2) is 96.0 Å². The zero-order valence-corrected chi connectivity index (χ0v) is 18.3. The van der Waals surface area contributed by atoms with Gasteiger partial charge in [0.25, 0.3) is 5.91 Å². The number of nitrogens with zero attached hydrogens (tertiary/aromatic N) is 2. The van der Waals surface area contributed by atoms with Gasteiger partial charge < -0.3 is 14.4 Å². The standard InChI is InChI=1S/C20H20N2O3.C7H8/c23-20(22-11-13-24-14-12-22)17-18(15-7-3-1-4-8-15)25-19(21-17)16-9-5-2-6-10-16;1-7-5-3-2-4-6-7/h1-10,17-18H,11-14H2;2-6H,1H3. The van der Waals surface area contributed by atoms with E-state index in [1.807, 2.05) is 83.8 Å². The number of hydrogen-bond donors (Lipinski definition) is 0. The van der Waals surface area contributed by atoms with Crippen molar-refractivity contribution < 1.29 is 14.3 Å². The first-order chi connectivity index (χ1) is 15.7. The molecule has 0 bridgehead atoms. The summed E-state index contributed by atoms with van der Waals surface area (Å²) in [5.41, 5.74) is 3.17. The highest BCUT2D eigenvalue weighted by Gasteiger charge is 2.40. The molecule has 0 aromatic heterocycles. The molecule has 32 heavy (non-hydrogen) atoms. The topological polar surface area (TPSA) is 51.1 Å². The predicted octanol–water partition coefficient (Wildman–Crippen LogP) is 4.43. The lowest BCUT2D eigenvalue weighted by Gasteiger charge is -2.29. The van der Waals surface area contributed by atoms with Crippen molar-refractivity contribution in [2.75, 3.05) is 26.3 Å². The molecule has 0 aliphatic carbocycles. The number of benzene rings is 3. The smallest absolute Gasteiger partial charge is 0.251 e. The summed E-state index contributed by atoms with van der Waals surface area (Å²) >= 11 is 0. The average molecular weight is 429 g/mol. The van der Waals surface area contributed by atoms with Crippen LogP contribution < -0.4 is 0 Å². The van der Waals surface area contributed by atoms with Crippen LogP contribution >= 0.6 is 0 Å². The van der Waals surface area contributed by atoms with Crippen molar-refractivity contribution in [2.45, 2.75) is 19.1 Å². The number of carbonyl (C=O) groups is 1. The third kappa shape index (κ3) is 5.42. The van der Waals surface area contributed by atoms with Crippen molar-refractivity contribution in [1.82, 2.24) is 4.90 Å². The molecule has 0 N–H and O–H groups in total. The van der Waals surface area contributed by atoms with Crippen LogP contribution in [-0.2, 0) is 14.3 Å². The molecule has 5 heteroatoms. The van der Waals surface area contributed by atoms with E-state index >= 15 is 0 Å². The van der Waals surface area contributed by atoms with E-state index in [9.17, 15) is 4.79 Å². The Bertz CT molecular complexity index is 1020. The Hall–Kier alpha value is -3.44. The van der Waals surface area contributed by atoms with Crippen LogP contribution in [0.1, 0.15) is 22.8 Å². The Morgan fingerprint density at radius 3 is 1.97 bits per heavy atom. The molecule has 5 nitrogen and oxygen atoms in total. The molecule has 1 fully saturated rings. The number of hydrogen-bond acceptors (Lipinski definition) is 4. The van der Waals surface area contributed by atoms with E-state index in [0.29, 0.717) is 32.2 Å². The quantitative estimate of drug-likeness (QED) is 0.620. The number of aryl methyl sites for hydroxylation is 1. The van der Waals surface area contributed by atoms with Crippen LogP contribution in [0.2, 0.25) is 0 Å². The van der Waals surface area contributed by atoms with Gasteiger partial charge >= 0.3 is 0 Å². The van der Waals surface area contributed by atoms with Gasteiger partial charge in [-0.1, -0.05) is 84.4 Å². The molecule has 2 heterocycles. The number of rotatable bonds is 3. The molecule has 3 aromatic carbocycles. The maximum absolute atomic E-state index is 13.0. The molecule has 5 rings (SSSR count). The largest absolute Gasteiger partial charge is 0.466 e. The van der Waals surface area contributed by atoms with Crippen LogP contribution in [0, 0.1) is 6.92 Å². The van der Waals surface area contributed by atoms with E-state index in [2.05, 4.69) is 24.0 Å². The van der Waals surface area contributed by atoms with E-state index in [1.165, 1.54) is 5.56 Å². The molecule has 0 radical (unpaired) electrons. The molecule has 1 amide bonds. The first kappa shape index (κ1) is 21.8. The Morgan fingerprint density at radius 1 is 0.844 bits per heavy atom. The molecule has 0 spiro atoms. The maximum atomic E-state index is 13.0. The summed E-state index contributed by atoms with van der Waals surface area (Å²) < 4.78 is 11.5. The van der Waals surface area contributed by atoms with Gasteiger partial charge in [0.2, 0.25) is 5.90 Å². The fraction of sp³-hybridized carbons (Fsp3) is 0.259. The van der Waals surface area contributed by atoms with Crippen molar-refractivity contribution in [3.8, 4) is 0 Å². The van der Waals surface area contributed by atoms with Gasteiger partial charge in [-0.25, -0.2) is 4.99 Å². The van der Waals surface area contributed by atoms with E-state index in [0.717, 1.165) is 11.1 Å². The summed E-state index contributed by atoms with van der Waals surface area (Å²) in [6.07, 6.45) is -0.397. The van der Waals surface area contributed by atoms with Crippen molar-refractivity contribution >= 4 is 11.8 Å². The van der Waals surface area contributed by atoms with Crippen molar-refractivity contribution in [3.63, 3.8) is 0 Å². The number of aliphatic imine (C=N–C) groups is 1. The molecule has 1 saturated heterocycles. The highest BCUT2D eigenvalue weighted by molar-refractivity contribution is 5.99. The molecular weight excluding hydrogens is 400 g/mol. The zero-order chi connectivity index (χ0) is 22.2. The van der Waals surface area contributed by atoms with Gasteiger partial charge in [0.1, 0.15) is 0 Å². The van der Waals surface area contributed by atoms with Gasteiger partial charge in [-0.2, -0.15) is 0 Å². The second-order valence-electron chi connectivity index (χ2n) is 7.79. The average Bonchev–Trinajstić information content (AvgIpc) is 3.32. The molecule has 2 unspecified atom stereocenters. The maximum Gasteiger partial charge on any atom is 0.251 e. The summed E-state index contributed by atoms with van der Waals surface area (Å²) in [7, 11) is 0. The van der Waals surface area contributed by atoms with Crippen molar-refractivity contribution in [3.05, 3.63) is 108 Å². The third-order valence-corrected chi connectivity index (χ3v) is 5.45. The van der Waals surface area contributed by atoms with Crippen LogP contribution in [-0.4, -0.2) is 49.0 Å². The monoisotopic (exact) mass is 428 g/mol. The van der Waals surface area contributed by atoms with Gasteiger partial charge in [-0.05, 0) is 24.6 Å². The SMILES string of the molecule is Cc1ccccc1.O=C(C1N=C(c2ccccc2)OC1c1ccccc1)N1CCOCC1. The number of carbonyl (C=O) groups excluding carboxylic acids is 1. The molecule has 2 atom stereocenters. The summed E-state index contributed by atoms with van der Waals surface area (Å²) in [4.78, 5) is 19.5. The van der Waals surface area contributed by atoms with Gasteiger partial charge in [0, 0.05) is 18.7 Å². The lowest BCUT2D eigenvalue weighted by Crippen LogP contribution is -2.46. The van der Waals surface area contributed by atoms with Crippen molar-refractivity contribution in [2.24, 2.45) is 4.99 Å². The fourth-order valence-corrected chi connectivity index (χ4v) is 3.72. The summed E-state index contributed by atoms with van der Waals surface area (Å²) in [6, 6.07) is 29.2. The van der Waals surface area contributed by atoms with Crippen LogP contribution in [0.25, 0.3) is 0 Å². The molecular formula is C27H28N2O3. The van der Waals surface area contributed by atoms with E-state index in [4.69, 9.17) is 9.47 Å².